The second-order valence-electron chi connectivity index (χ2n) is 4.59. The predicted octanol–water partition coefficient (Wildman–Crippen LogP) is 1.48. The second-order valence-corrected chi connectivity index (χ2v) is 4.59. The molecule has 0 spiro atoms. The largest absolute Gasteiger partial charge is 0.317 e. The summed E-state index contributed by atoms with van der Waals surface area (Å²) in [6.45, 7) is 6.49. The first-order chi connectivity index (χ1) is 7.86. The Hall–Kier alpha value is -0.930. The van der Waals surface area contributed by atoms with Crippen LogP contribution in [0.4, 0.5) is 0 Å². The molecule has 16 heavy (non-hydrogen) atoms. The van der Waals surface area contributed by atoms with Crippen LogP contribution in [0.25, 0.3) is 0 Å². The van der Waals surface area contributed by atoms with Gasteiger partial charge < -0.3 is 10.6 Å². The van der Waals surface area contributed by atoms with Gasteiger partial charge in [0, 0.05) is 12.7 Å². The maximum Gasteiger partial charge on any atom is 0.0570 e. The molecule has 0 radical (unpaired) electrons. The van der Waals surface area contributed by atoms with E-state index in [2.05, 4.69) is 28.6 Å². The summed E-state index contributed by atoms with van der Waals surface area (Å²) in [5, 5.41) is 6.91. The first-order valence-corrected chi connectivity index (χ1v) is 6.18. The van der Waals surface area contributed by atoms with E-state index in [-0.39, 0.29) is 0 Å². The van der Waals surface area contributed by atoms with E-state index in [0.29, 0.717) is 0 Å². The van der Waals surface area contributed by atoms with Crippen LogP contribution < -0.4 is 10.6 Å². The van der Waals surface area contributed by atoms with E-state index in [0.717, 1.165) is 19.0 Å². The van der Waals surface area contributed by atoms with E-state index in [4.69, 9.17) is 0 Å². The van der Waals surface area contributed by atoms with Crippen LogP contribution in [-0.4, -0.2) is 24.6 Å². The summed E-state index contributed by atoms with van der Waals surface area (Å²) < 4.78 is 0. The van der Waals surface area contributed by atoms with Gasteiger partial charge in [-0.15, -0.1) is 0 Å². The lowest BCUT2D eigenvalue weighted by Crippen LogP contribution is -2.33. The van der Waals surface area contributed by atoms with Crippen LogP contribution in [0.3, 0.4) is 0 Å². The normalized spacial score (nSPS) is 17.6. The molecule has 2 rings (SSSR count). The summed E-state index contributed by atoms with van der Waals surface area (Å²) in [6, 6.07) is 4.11. The van der Waals surface area contributed by atoms with Crippen LogP contribution in [0, 0.1) is 12.8 Å². The Morgan fingerprint density at radius 1 is 1.44 bits per heavy atom. The van der Waals surface area contributed by atoms with Crippen LogP contribution in [0.2, 0.25) is 0 Å². The Kier molecular flexibility index (Phi) is 4.31. The van der Waals surface area contributed by atoms with Gasteiger partial charge in [0.25, 0.3) is 0 Å². The number of nitrogens with one attached hydrogen (secondary N) is 2. The summed E-state index contributed by atoms with van der Waals surface area (Å²) in [5.74, 6) is 0.838. The molecule has 0 bridgehead atoms. The lowest BCUT2D eigenvalue weighted by molar-refractivity contribution is 0.356. The predicted molar refractivity (Wildman–Crippen MR) is 66.3 cm³/mol. The summed E-state index contributed by atoms with van der Waals surface area (Å²) >= 11 is 0. The number of hydrogen-bond acceptors (Lipinski definition) is 3. The van der Waals surface area contributed by atoms with Gasteiger partial charge in [-0.05, 0) is 56.9 Å². The van der Waals surface area contributed by atoms with Gasteiger partial charge in [-0.3, -0.25) is 4.98 Å². The highest BCUT2D eigenvalue weighted by Gasteiger charge is 2.12. The van der Waals surface area contributed by atoms with Crippen molar-refractivity contribution in [3.63, 3.8) is 0 Å². The van der Waals surface area contributed by atoms with Crippen molar-refractivity contribution in [3.05, 3.63) is 29.6 Å². The van der Waals surface area contributed by atoms with Crippen molar-refractivity contribution in [3.8, 4) is 0 Å². The number of aromatic nitrogens is 1. The van der Waals surface area contributed by atoms with E-state index in [1.165, 1.54) is 37.2 Å². The number of pyridine rings is 1. The molecule has 1 aliphatic rings. The van der Waals surface area contributed by atoms with Crippen molar-refractivity contribution in [2.24, 2.45) is 5.92 Å². The van der Waals surface area contributed by atoms with Crippen molar-refractivity contribution in [2.75, 3.05) is 19.6 Å². The third kappa shape index (κ3) is 3.29. The second kappa shape index (κ2) is 5.97. The summed E-state index contributed by atoms with van der Waals surface area (Å²) in [7, 11) is 0. The highest BCUT2D eigenvalue weighted by molar-refractivity contribution is 5.17. The number of hydrogen-bond donors (Lipinski definition) is 2. The molecule has 2 N–H and O–H groups in total. The molecule has 1 aromatic heterocycles. The van der Waals surface area contributed by atoms with Gasteiger partial charge in [0.15, 0.2) is 0 Å². The number of piperidine rings is 1. The van der Waals surface area contributed by atoms with Crippen molar-refractivity contribution in [1.29, 1.82) is 0 Å². The fourth-order valence-corrected chi connectivity index (χ4v) is 2.18. The molecule has 1 aromatic rings. The minimum Gasteiger partial charge on any atom is -0.317 e. The molecular weight excluding hydrogens is 198 g/mol. The van der Waals surface area contributed by atoms with Crippen molar-refractivity contribution >= 4 is 0 Å². The number of rotatable bonds is 4. The van der Waals surface area contributed by atoms with Crippen molar-refractivity contribution in [2.45, 2.75) is 26.3 Å². The lowest BCUT2D eigenvalue weighted by Gasteiger charge is -2.22. The lowest BCUT2D eigenvalue weighted by atomic mass is 9.98. The Bertz CT molecular complexity index is 319. The molecule has 0 unspecified atom stereocenters. The quantitative estimate of drug-likeness (QED) is 0.805. The Balaban J connectivity index is 1.73. The Morgan fingerprint density at radius 2 is 2.25 bits per heavy atom. The fraction of sp³-hybridized carbons (Fsp3) is 0.615. The molecule has 1 aliphatic heterocycles. The average molecular weight is 219 g/mol. The fourth-order valence-electron chi connectivity index (χ4n) is 2.18. The zero-order valence-corrected chi connectivity index (χ0v) is 10.00. The van der Waals surface area contributed by atoms with Gasteiger partial charge in [-0.2, -0.15) is 0 Å². The standard InChI is InChI=1S/C13H21N3/c1-11-3-2-6-16-13(11)10-15-9-12-4-7-14-8-5-12/h2-3,6,12,14-15H,4-5,7-10H2,1H3. The molecular formula is C13H21N3. The molecule has 1 fully saturated rings. The number of aryl methyl sites for hydroxylation is 1. The highest BCUT2D eigenvalue weighted by Crippen LogP contribution is 2.10. The van der Waals surface area contributed by atoms with Gasteiger partial charge in [-0.25, -0.2) is 0 Å². The summed E-state index contributed by atoms with van der Waals surface area (Å²) in [4.78, 5) is 4.39. The molecule has 0 saturated carbocycles. The molecule has 3 heteroatoms. The smallest absolute Gasteiger partial charge is 0.0570 e. The van der Waals surface area contributed by atoms with Crippen molar-refractivity contribution < 1.29 is 0 Å². The highest BCUT2D eigenvalue weighted by atomic mass is 14.9. The molecule has 0 amide bonds. The Labute approximate surface area is 97.7 Å². The van der Waals surface area contributed by atoms with E-state index < -0.39 is 0 Å². The average Bonchev–Trinajstić information content (AvgIpc) is 2.33. The van der Waals surface area contributed by atoms with Crippen LogP contribution in [0.1, 0.15) is 24.1 Å². The molecule has 88 valence electrons. The molecule has 0 atom stereocenters. The minimum absolute atomic E-state index is 0.838. The maximum atomic E-state index is 4.39. The third-order valence-electron chi connectivity index (χ3n) is 3.30. The molecule has 3 nitrogen and oxygen atoms in total. The van der Waals surface area contributed by atoms with Crippen LogP contribution in [0.5, 0.6) is 0 Å². The molecule has 0 aromatic carbocycles. The van der Waals surface area contributed by atoms with Crippen LogP contribution in [0.15, 0.2) is 18.3 Å². The zero-order valence-electron chi connectivity index (χ0n) is 10.00. The van der Waals surface area contributed by atoms with Gasteiger partial charge in [0.1, 0.15) is 0 Å². The van der Waals surface area contributed by atoms with Gasteiger partial charge >= 0.3 is 0 Å². The van der Waals surface area contributed by atoms with E-state index in [1.54, 1.807) is 0 Å². The van der Waals surface area contributed by atoms with Gasteiger partial charge in [0.2, 0.25) is 0 Å². The van der Waals surface area contributed by atoms with Gasteiger partial charge in [-0.1, -0.05) is 6.07 Å². The Morgan fingerprint density at radius 3 is 3.00 bits per heavy atom. The molecule has 1 saturated heterocycles. The SMILES string of the molecule is Cc1cccnc1CNCC1CCNCC1. The topological polar surface area (TPSA) is 37.0 Å². The van der Waals surface area contributed by atoms with E-state index >= 15 is 0 Å². The van der Waals surface area contributed by atoms with E-state index in [9.17, 15) is 0 Å². The summed E-state index contributed by atoms with van der Waals surface area (Å²) in [5.41, 5.74) is 2.46. The zero-order chi connectivity index (χ0) is 11.2. The first kappa shape index (κ1) is 11.6. The molecule has 0 aliphatic carbocycles. The third-order valence-corrected chi connectivity index (χ3v) is 3.30. The monoisotopic (exact) mass is 219 g/mol. The van der Waals surface area contributed by atoms with Crippen LogP contribution >= 0.6 is 0 Å². The van der Waals surface area contributed by atoms with E-state index in [1.807, 2.05) is 12.3 Å². The maximum absolute atomic E-state index is 4.39. The minimum atomic E-state index is 0.838. The van der Waals surface area contributed by atoms with Gasteiger partial charge in [0.05, 0.1) is 5.69 Å². The number of nitrogens with zero attached hydrogens (tertiary/aromatic N) is 1. The summed E-state index contributed by atoms with van der Waals surface area (Å²) in [6.07, 6.45) is 4.47. The molecule has 2 heterocycles. The van der Waals surface area contributed by atoms with Crippen molar-refractivity contribution in [1.82, 2.24) is 15.6 Å². The van der Waals surface area contributed by atoms with Crippen LogP contribution in [-0.2, 0) is 6.54 Å². The first-order valence-electron chi connectivity index (χ1n) is 6.18.